The fourth-order valence-corrected chi connectivity index (χ4v) is 3.66. The molecule has 5 heteroatoms. The molecule has 3 nitrogen and oxygen atoms in total. The molecule has 0 amide bonds. The van der Waals surface area contributed by atoms with Crippen molar-refractivity contribution >= 4 is 45.0 Å². The van der Waals surface area contributed by atoms with E-state index in [0.717, 1.165) is 33.1 Å². The van der Waals surface area contributed by atoms with Gasteiger partial charge in [0.1, 0.15) is 5.69 Å². The van der Waals surface area contributed by atoms with Gasteiger partial charge in [0, 0.05) is 26.4 Å². The van der Waals surface area contributed by atoms with E-state index in [-0.39, 0.29) is 0 Å². The molecule has 0 radical (unpaired) electrons. The van der Waals surface area contributed by atoms with E-state index in [9.17, 15) is 0 Å². The number of pyridine rings is 1. The van der Waals surface area contributed by atoms with Crippen molar-refractivity contribution in [3.63, 3.8) is 0 Å². The largest absolute Gasteiger partial charge is 0.244 e. The number of nitrogens with zero attached hydrogens (tertiary/aromatic N) is 3. The lowest BCUT2D eigenvalue weighted by Gasteiger charge is -2.11. The van der Waals surface area contributed by atoms with Gasteiger partial charge in [-0.15, -0.1) is 0 Å². The van der Waals surface area contributed by atoms with Crippen molar-refractivity contribution in [3.8, 4) is 22.8 Å². The summed E-state index contributed by atoms with van der Waals surface area (Å²) in [4.78, 5) is 14.3. The molecule has 0 aliphatic rings. The molecule has 0 fully saturated rings. The van der Waals surface area contributed by atoms with Crippen molar-refractivity contribution in [1.29, 1.82) is 0 Å². The van der Waals surface area contributed by atoms with Crippen molar-refractivity contribution in [2.45, 2.75) is 0 Å². The van der Waals surface area contributed by atoms with E-state index >= 15 is 0 Å². The molecule has 0 atom stereocenters. The van der Waals surface area contributed by atoms with Gasteiger partial charge in [0.25, 0.3) is 0 Å². The maximum Gasteiger partial charge on any atom is 0.179 e. The van der Waals surface area contributed by atoms with E-state index in [4.69, 9.17) is 38.2 Å². The standard InChI is InChI=1S/C23H13Cl2N3/c24-15-10-12-20-17(13-15)22(16-6-2-3-7-18(16)25)28-23(27-20)21-11-9-14-5-1-4-8-19(14)26-21/h1-13H. The Balaban J connectivity index is 1.80. The van der Waals surface area contributed by atoms with Gasteiger partial charge in [-0.1, -0.05) is 65.7 Å². The van der Waals surface area contributed by atoms with E-state index < -0.39 is 0 Å². The zero-order valence-electron chi connectivity index (χ0n) is 14.6. The SMILES string of the molecule is Clc1ccc2nc(-c3ccc4ccccc4n3)nc(-c3ccccc3Cl)c2c1. The highest BCUT2D eigenvalue weighted by atomic mass is 35.5. The molecule has 0 spiro atoms. The molecule has 0 aliphatic carbocycles. The molecule has 0 saturated heterocycles. The van der Waals surface area contributed by atoms with Gasteiger partial charge in [0.05, 0.1) is 16.7 Å². The average Bonchev–Trinajstić information content (AvgIpc) is 2.73. The van der Waals surface area contributed by atoms with Gasteiger partial charge in [-0.2, -0.15) is 0 Å². The maximum atomic E-state index is 6.47. The minimum absolute atomic E-state index is 0.551. The van der Waals surface area contributed by atoms with Crippen LogP contribution < -0.4 is 0 Å². The lowest BCUT2D eigenvalue weighted by Crippen LogP contribution is -1.97. The Morgan fingerprint density at radius 3 is 2.36 bits per heavy atom. The van der Waals surface area contributed by atoms with Crippen LogP contribution in [0.1, 0.15) is 0 Å². The highest BCUT2D eigenvalue weighted by molar-refractivity contribution is 6.34. The first-order valence-corrected chi connectivity index (χ1v) is 9.53. The number of halogens is 2. The summed E-state index contributed by atoms with van der Waals surface area (Å²) in [6.07, 6.45) is 0. The van der Waals surface area contributed by atoms with Gasteiger partial charge in [-0.05, 0) is 36.4 Å². The molecule has 0 unspecified atom stereocenters. The Morgan fingerprint density at radius 1 is 0.643 bits per heavy atom. The zero-order valence-corrected chi connectivity index (χ0v) is 16.1. The summed E-state index contributed by atoms with van der Waals surface area (Å²) in [6, 6.07) is 25.2. The zero-order chi connectivity index (χ0) is 19.1. The van der Waals surface area contributed by atoms with Crippen LogP contribution in [-0.4, -0.2) is 15.0 Å². The Labute approximate surface area is 171 Å². The predicted octanol–water partition coefficient (Wildman–Crippen LogP) is 6.82. The lowest BCUT2D eigenvalue weighted by molar-refractivity contribution is 1.19. The Kier molecular flexibility index (Phi) is 4.19. The van der Waals surface area contributed by atoms with Crippen molar-refractivity contribution in [2.75, 3.05) is 0 Å². The lowest BCUT2D eigenvalue weighted by atomic mass is 10.1. The van der Waals surface area contributed by atoms with Crippen LogP contribution in [0.15, 0.2) is 78.9 Å². The minimum atomic E-state index is 0.551. The third-order valence-corrected chi connectivity index (χ3v) is 5.18. The molecule has 2 heterocycles. The fourth-order valence-electron chi connectivity index (χ4n) is 3.26. The topological polar surface area (TPSA) is 38.7 Å². The van der Waals surface area contributed by atoms with Crippen LogP contribution in [-0.2, 0) is 0 Å². The quantitative estimate of drug-likeness (QED) is 0.325. The molecule has 0 aliphatic heterocycles. The van der Waals surface area contributed by atoms with Gasteiger partial charge in [0.2, 0.25) is 0 Å². The van der Waals surface area contributed by atoms with E-state index in [1.807, 2.05) is 78.9 Å². The van der Waals surface area contributed by atoms with Crippen molar-refractivity contribution < 1.29 is 0 Å². The normalized spacial score (nSPS) is 11.2. The number of hydrogen-bond acceptors (Lipinski definition) is 3. The number of aromatic nitrogens is 3. The van der Waals surface area contributed by atoms with E-state index in [0.29, 0.717) is 21.6 Å². The van der Waals surface area contributed by atoms with Gasteiger partial charge >= 0.3 is 0 Å². The van der Waals surface area contributed by atoms with Crippen LogP contribution in [0.2, 0.25) is 10.0 Å². The molecule has 3 aromatic carbocycles. The van der Waals surface area contributed by atoms with Crippen LogP contribution in [0, 0.1) is 0 Å². The van der Waals surface area contributed by atoms with Crippen LogP contribution in [0.4, 0.5) is 0 Å². The number of para-hydroxylation sites is 1. The van der Waals surface area contributed by atoms with Crippen molar-refractivity contribution in [1.82, 2.24) is 15.0 Å². The highest BCUT2D eigenvalue weighted by Gasteiger charge is 2.15. The van der Waals surface area contributed by atoms with E-state index in [1.54, 1.807) is 0 Å². The first-order chi connectivity index (χ1) is 13.7. The summed E-state index contributed by atoms with van der Waals surface area (Å²) < 4.78 is 0. The second-order valence-electron chi connectivity index (χ2n) is 6.43. The monoisotopic (exact) mass is 401 g/mol. The Morgan fingerprint density at radius 2 is 1.46 bits per heavy atom. The molecule has 0 bridgehead atoms. The summed E-state index contributed by atoms with van der Waals surface area (Å²) in [5, 5.41) is 3.18. The maximum absolute atomic E-state index is 6.47. The Hall–Kier alpha value is -3.01. The summed E-state index contributed by atoms with van der Waals surface area (Å²) in [5.74, 6) is 0.551. The van der Waals surface area contributed by atoms with Crippen LogP contribution >= 0.6 is 23.2 Å². The third kappa shape index (κ3) is 2.99. The molecule has 28 heavy (non-hydrogen) atoms. The first kappa shape index (κ1) is 17.1. The second kappa shape index (κ2) is 6.86. The summed E-state index contributed by atoms with van der Waals surface area (Å²) in [7, 11) is 0. The fraction of sp³-hybridized carbons (Fsp3) is 0. The van der Waals surface area contributed by atoms with Crippen molar-refractivity contribution in [3.05, 3.63) is 88.9 Å². The third-order valence-electron chi connectivity index (χ3n) is 4.61. The first-order valence-electron chi connectivity index (χ1n) is 8.77. The predicted molar refractivity (Wildman–Crippen MR) is 116 cm³/mol. The number of fused-ring (bicyclic) bond motifs is 2. The van der Waals surface area contributed by atoms with Gasteiger partial charge in [-0.25, -0.2) is 15.0 Å². The van der Waals surface area contributed by atoms with E-state index in [1.165, 1.54) is 0 Å². The second-order valence-corrected chi connectivity index (χ2v) is 7.27. The van der Waals surface area contributed by atoms with Crippen LogP contribution in [0.3, 0.4) is 0 Å². The van der Waals surface area contributed by atoms with Gasteiger partial charge in [-0.3, -0.25) is 0 Å². The Bertz CT molecular complexity index is 1350. The van der Waals surface area contributed by atoms with E-state index in [2.05, 4.69) is 0 Å². The molecular weight excluding hydrogens is 389 g/mol. The number of hydrogen-bond donors (Lipinski definition) is 0. The molecule has 5 rings (SSSR count). The molecule has 0 saturated carbocycles. The molecule has 134 valence electrons. The molecular formula is C23H13Cl2N3. The summed E-state index contributed by atoms with van der Waals surface area (Å²) >= 11 is 12.7. The smallest absolute Gasteiger partial charge is 0.179 e. The van der Waals surface area contributed by atoms with Gasteiger partial charge in [0.15, 0.2) is 5.82 Å². The summed E-state index contributed by atoms with van der Waals surface area (Å²) in [5.41, 5.74) is 3.98. The highest BCUT2D eigenvalue weighted by Crippen LogP contribution is 2.34. The van der Waals surface area contributed by atoms with Crippen LogP contribution in [0.25, 0.3) is 44.6 Å². The van der Waals surface area contributed by atoms with Crippen molar-refractivity contribution in [2.24, 2.45) is 0 Å². The number of benzene rings is 3. The van der Waals surface area contributed by atoms with Crippen LogP contribution in [0.5, 0.6) is 0 Å². The molecule has 5 aromatic rings. The summed E-state index contributed by atoms with van der Waals surface area (Å²) in [6.45, 7) is 0. The average molecular weight is 402 g/mol. The van der Waals surface area contributed by atoms with Gasteiger partial charge < -0.3 is 0 Å². The molecule has 2 aromatic heterocycles. The number of rotatable bonds is 2. The molecule has 0 N–H and O–H groups in total. The minimum Gasteiger partial charge on any atom is -0.244 e.